The van der Waals surface area contributed by atoms with E-state index >= 15 is 0 Å². The van der Waals surface area contributed by atoms with Gasteiger partial charge < -0.3 is 20.1 Å². The summed E-state index contributed by atoms with van der Waals surface area (Å²) in [6, 6.07) is 6.08. The highest BCUT2D eigenvalue weighted by Gasteiger charge is 2.22. The number of aromatic hydroxyl groups is 1. The quantitative estimate of drug-likeness (QED) is 0.857. The van der Waals surface area contributed by atoms with E-state index in [1.165, 1.54) is 0 Å². The van der Waals surface area contributed by atoms with E-state index in [2.05, 4.69) is 36.1 Å². The van der Waals surface area contributed by atoms with Crippen LogP contribution in [0.1, 0.15) is 18.5 Å². The third-order valence-electron chi connectivity index (χ3n) is 4.34. The van der Waals surface area contributed by atoms with Gasteiger partial charge in [0.05, 0.1) is 7.11 Å². The summed E-state index contributed by atoms with van der Waals surface area (Å²) < 4.78 is 5.12. The summed E-state index contributed by atoms with van der Waals surface area (Å²) in [5.41, 5.74) is 0.905. The van der Waals surface area contributed by atoms with Crippen LogP contribution in [0, 0.1) is 0 Å². The van der Waals surface area contributed by atoms with Crippen molar-refractivity contribution >= 4 is 0 Å². The van der Waals surface area contributed by atoms with Crippen molar-refractivity contribution in [3.8, 4) is 11.5 Å². The van der Waals surface area contributed by atoms with E-state index in [1.807, 2.05) is 12.1 Å². The smallest absolute Gasteiger partial charge is 0.124 e. The second-order valence-electron chi connectivity index (χ2n) is 5.95. The van der Waals surface area contributed by atoms with Crippen molar-refractivity contribution in [1.82, 2.24) is 15.1 Å². The van der Waals surface area contributed by atoms with Gasteiger partial charge in [-0.25, -0.2) is 0 Å². The minimum atomic E-state index is 0.108. The van der Waals surface area contributed by atoms with Crippen LogP contribution >= 0.6 is 0 Å². The van der Waals surface area contributed by atoms with E-state index in [9.17, 15) is 5.11 Å². The van der Waals surface area contributed by atoms with E-state index in [-0.39, 0.29) is 11.8 Å². The van der Waals surface area contributed by atoms with Gasteiger partial charge in [0.1, 0.15) is 11.5 Å². The lowest BCUT2D eigenvalue weighted by atomic mass is 10.1. The van der Waals surface area contributed by atoms with Crippen molar-refractivity contribution in [2.24, 2.45) is 0 Å². The summed E-state index contributed by atoms with van der Waals surface area (Å²) in [6.07, 6.45) is 0. The Kier molecular flexibility index (Phi) is 5.45. The Morgan fingerprint density at radius 2 is 2.14 bits per heavy atom. The number of piperazine rings is 1. The molecule has 0 spiro atoms. The molecular weight excluding hydrogens is 266 g/mol. The number of nitrogens with one attached hydrogen (secondary N) is 1. The van der Waals surface area contributed by atoms with Crippen molar-refractivity contribution in [2.75, 3.05) is 47.4 Å². The molecule has 0 aliphatic carbocycles. The highest BCUT2D eigenvalue weighted by molar-refractivity contribution is 5.41. The van der Waals surface area contributed by atoms with Gasteiger partial charge in [-0.3, -0.25) is 4.90 Å². The molecule has 5 nitrogen and oxygen atoms in total. The second-order valence-corrected chi connectivity index (χ2v) is 5.95. The predicted molar refractivity (Wildman–Crippen MR) is 85.0 cm³/mol. The van der Waals surface area contributed by atoms with Crippen LogP contribution in [0.25, 0.3) is 0 Å². The first-order chi connectivity index (χ1) is 10.0. The van der Waals surface area contributed by atoms with Crippen molar-refractivity contribution in [1.29, 1.82) is 0 Å². The fourth-order valence-corrected chi connectivity index (χ4v) is 2.76. The Bertz CT molecular complexity index is 467. The Morgan fingerprint density at radius 1 is 1.38 bits per heavy atom. The Labute approximate surface area is 127 Å². The molecule has 0 aromatic heterocycles. The average Bonchev–Trinajstić information content (AvgIpc) is 2.47. The normalized spacial score (nSPS) is 22.2. The Morgan fingerprint density at radius 3 is 2.81 bits per heavy atom. The zero-order valence-electron chi connectivity index (χ0n) is 13.5. The van der Waals surface area contributed by atoms with Gasteiger partial charge in [0.25, 0.3) is 0 Å². The van der Waals surface area contributed by atoms with Gasteiger partial charge in [-0.05, 0) is 27.1 Å². The van der Waals surface area contributed by atoms with Crippen molar-refractivity contribution < 1.29 is 9.84 Å². The van der Waals surface area contributed by atoms with Crippen LogP contribution in [0.4, 0.5) is 0 Å². The number of benzene rings is 1. The van der Waals surface area contributed by atoms with E-state index in [1.54, 1.807) is 13.2 Å². The van der Waals surface area contributed by atoms with Crippen LogP contribution in [-0.4, -0.2) is 68.3 Å². The Balaban J connectivity index is 1.93. The van der Waals surface area contributed by atoms with Crippen LogP contribution in [-0.2, 0) is 0 Å². The van der Waals surface area contributed by atoms with Gasteiger partial charge in [0.2, 0.25) is 0 Å². The maximum Gasteiger partial charge on any atom is 0.124 e. The van der Waals surface area contributed by atoms with E-state index in [0.717, 1.165) is 31.7 Å². The van der Waals surface area contributed by atoms with Gasteiger partial charge in [-0.1, -0.05) is 6.07 Å². The third kappa shape index (κ3) is 4.09. The van der Waals surface area contributed by atoms with Crippen LogP contribution < -0.4 is 10.1 Å². The summed E-state index contributed by atoms with van der Waals surface area (Å²) in [6.45, 7) is 6.29. The molecule has 21 heavy (non-hydrogen) atoms. The maximum absolute atomic E-state index is 10.1. The van der Waals surface area contributed by atoms with Crippen molar-refractivity contribution in [3.63, 3.8) is 0 Å². The standard InChI is InChI=1S/C16H27N3O2/c1-12(15-6-5-14(21-4)9-16(15)20)17-10-13-11-18(2)7-8-19(13)3/h5-6,9,12-13,17,20H,7-8,10-11H2,1-4H3. The lowest BCUT2D eigenvalue weighted by Gasteiger charge is -2.38. The SMILES string of the molecule is COc1ccc(C(C)NCC2CN(C)CCN2C)c(O)c1. The summed E-state index contributed by atoms with van der Waals surface area (Å²) in [4.78, 5) is 4.76. The molecule has 2 atom stereocenters. The van der Waals surface area contributed by atoms with Crippen LogP contribution in [0.15, 0.2) is 18.2 Å². The molecule has 0 saturated carbocycles. The number of ether oxygens (including phenoxy) is 1. The number of hydrogen-bond donors (Lipinski definition) is 2. The summed E-state index contributed by atoms with van der Waals surface area (Å²) in [7, 11) is 5.94. The number of phenols is 1. The minimum Gasteiger partial charge on any atom is -0.507 e. The van der Waals surface area contributed by atoms with Crippen LogP contribution in [0.2, 0.25) is 0 Å². The molecular formula is C16H27N3O2. The number of nitrogens with zero attached hydrogens (tertiary/aromatic N) is 2. The highest BCUT2D eigenvalue weighted by atomic mass is 16.5. The zero-order chi connectivity index (χ0) is 15.4. The third-order valence-corrected chi connectivity index (χ3v) is 4.34. The molecule has 2 unspecified atom stereocenters. The van der Waals surface area contributed by atoms with Gasteiger partial charge in [-0.2, -0.15) is 0 Å². The highest BCUT2D eigenvalue weighted by Crippen LogP contribution is 2.28. The Hall–Kier alpha value is -1.30. The van der Waals surface area contributed by atoms with E-state index in [4.69, 9.17) is 4.74 Å². The molecule has 118 valence electrons. The molecule has 1 aliphatic heterocycles. The van der Waals surface area contributed by atoms with E-state index < -0.39 is 0 Å². The second kappa shape index (κ2) is 7.11. The molecule has 1 saturated heterocycles. The lowest BCUT2D eigenvalue weighted by molar-refractivity contribution is 0.111. The number of methoxy groups -OCH3 is 1. The van der Waals surface area contributed by atoms with Crippen LogP contribution in [0.3, 0.4) is 0 Å². The minimum absolute atomic E-state index is 0.108. The number of hydrogen-bond acceptors (Lipinski definition) is 5. The molecule has 0 amide bonds. The topological polar surface area (TPSA) is 48.0 Å². The van der Waals surface area contributed by atoms with Crippen molar-refractivity contribution in [3.05, 3.63) is 23.8 Å². The van der Waals surface area contributed by atoms with Gasteiger partial charge in [0.15, 0.2) is 0 Å². The molecule has 1 aliphatic rings. The molecule has 2 rings (SSSR count). The van der Waals surface area contributed by atoms with Gasteiger partial charge in [-0.15, -0.1) is 0 Å². The maximum atomic E-state index is 10.1. The first-order valence-electron chi connectivity index (χ1n) is 7.50. The number of phenolic OH excluding ortho intramolecular Hbond substituents is 1. The zero-order valence-corrected chi connectivity index (χ0v) is 13.5. The first-order valence-corrected chi connectivity index (χ1v) is 7.50. The molecule has 0 bridgehead atoms. The summed E-state index contributed by atoms with van der Waals surface area (Å²) >= 11 is 0. The number of rotatable bonds is 5. The molecule has 5 heteroatoms. The van der Waals surface area contributed by atoms with Gasteiger partial charge >= 0.3 is 0 Å². The molecule has 1 aromatic rings. The molecule has 1 aromatic carbocycles. The van der Waals surface area contributed by atoms with E-state index in [0.29, 0.717) is 11.8 Å². The summed E-state index contributed by atoms with van der Waals surface area (Å²) in [5, 5.41) is 13.6. The van der Waals surface area contributed by atoms with Gasteiger partial charge in [0, 0.05) is 49.9 Å². The monoisotopic (exact) mass is 293 g/mol. The fraction of sp³-hybridized carbons (Fsp3) is 0.625. The first kappa shape index (κ1) is 16.1. The predicted octanol–water partition coefficient (Wildman–Crippen LogP) is 1.30. The fourth-order valence-electron chi connectivity index (χ4n) is 2.76. The average molecular weight is 293 g/mol. The number of likely N-dealkylation sites (N-methyl/N-ethyl adjacent to an activating group) is 2. The lowest BCUT2D eigenvalue weighted by Crippen LogP contribution is -2.53. The molecule has 1 heterocycles. The molecule has 0 radical (unpaired) electrons. The molecule has 1 fully saturated rings. The van der Waals surface area contributed by atoms with Crippen LogP contribution in [0.5, 0.6) is 11.5 Å². The van der Waals surface area contributed by atoms with Crippen molar-refractivity contribution in [2.45, 2.75) is 19.0 Å². The largest absolute Gasteiger partial charge is 0.507 e. The molecule has 2 N–H and O–H groups in total. The summed E-state index contributed by atoms with van der Waals surface area (Å²) in [5.74, 6) is 0.959.